The van der Waals surface area contributed by atoms with E-state index in [4.69, 9.17) is 0 Å². The maximum absolute atomic E-state index is 13.4. The zero-order chi connectivity index (χ0) is 20.7. The number of anilines is 1. The molecule has 1 atom stereocenters. The summed E-state index contributed by atoms with van der Waals surface area (Å²) >= 11 is 0. The maximum atomic E-state index is 13.4. The Kier molecular flexibility index (Phi) is 7.42. The first-order chi connectivity index (χ1) is 13.3. The lowest BCUT2D eigenvalue weighted by Crippen LogP contribution is -2.51. The minimum Gasteiger partial charge on any atom is -0.426 e. The summed E-state index contributed by atoms with van der Waals surface area (Å²) in [5, 5.41) is 21.4. The van der Waals surface area contributed by atoms with Gasteiger partial charge in [0, 0.05) is 5.69 Å². The Morgan fingerprint density at radius 3 is 2.39 bits per heavy atom. The van der Waals surface area contributed by atoms with Gasteiger partial charge < -0.3 is 15.4 Å². The minimum atomic E-state index is -1.93. The molecule has 0 aliphatic heterocycles. The van der Waals surface area contributed by atoms with Crippen molar-refractivity contribution < 1.29 is 28.4 Å². The van der Waals surface area contributed by atoms with E-state index in [-0.39, 0.29) is 12.1 Å². The molecule has 0 fully saturated rings. The summed E-state index contributed by atoms with van der Waals surface area (Å²) in [6.07, 6.45) is -0.0593. The Morgan fingerprint density at radius 2 is 1.82 bits per heavy atom. The summed E-state index contributed by atoms with van der Waals surface area (Å²) in [6, 6.07) is 13.4. The lowest BCUT2D eigenvalue weighted by molar-refractivity contribution is -0.123. The van der Waals surface area contributed by atoms with Gasteiger partial charge in [-0.25, -0.2) is 8.78 Å². The van der Waals surface area contributed by atoms with Gasteiger partial charge in [0.2, 0.25) is 5.91 Å². The van der Waals surface area contributed by atoms with E-state index in [1.165, 1.54) is 30.3 Å². The third-order valence-corrected chi connectivity index (χ3v) is 3.90. The van der Waals surface area contributed by atoms with Gasteiger partial charge in [0.25, 0.3) is 5.91 Å². The van der Waals surface area contributed by atoms with Crippen molar-refractivity contribution in [2.45, 2.75) is 12.4 Å². The van der Waals surface area contributed by atoms with E-state index in [0.29, 0.717) is 5.56 Å². The van der Waals surface area contributed by atoms with Gasteiger partial charge in [-0.2, -0.15) is 0 Å². The number of benzene rings is 2. The molecular formula is C19H19BF2N2O4. The first-order valence-corrected chi connectivity index (χ1v) is 8.39. The monoisotopic (exact) mass is 388 g/mol. The zero-order valence-electron chi connectivity index (χ0n) is 14.9. The number of carbonyl (C=O) groups excluding carboxylic acids is 2. The molecule has 2 aromatic rings. The molecule has 0 spiro atoms. The Bertz CT molecular complexity index is 849. The minimum absolute atomic E-state index is 0.0593. The molecule has 2 rings (SSSR count). The fourth-order valence-corrected chi connectivity index (χ4v) is 2.58. The molecule has 9 heteroatoms. The summed E-state index contributed by atoms with van der Waals surface area (Å²) in [5.74, 6) is -4.75. The molecule has 0 saturated heterocycles. The van der Waals surface area contributed by atoms with Crippen LogP contribution in [-0.4, -0.2) is 41.5 Å². The van der Waals surface area contributed by atoms with Crippen LogP contribution in [0.1, 0.15) is 5.56 Å². The molecule has 28 heavy (non-hydrogen) atoms. The summed E-state index contributed by atoms with van der Waals surface area (Å²) in [6.45, 7) is 2.39. The third-order valence-electron chi connectivity index (χ3n) is 3.90. The number of carbonyl (C=O) groups is 2. The maximum Gasteiger partial charge on any atom is 0.475 e. The van der Waals surface area contributed by atoms with Crippen molar-refractivity contribution in [2.75, 3.05) is 11.4 Å². The zero-order valence-corrected chi connectivity index (χ0v) is 14.9. The van der Waals surface area contributed by atoms with Crippen LogP contribution in [0, 0.1) is 5.82 Å². The van der Waals surface area contributed by atoms with Crippen molar-refractivity contribution in [1.29, 1.82) is 0 Å². The van der Waals surface area contributed by atoms with Gasteiger partial charge in [0.05, 0.1) is 5.94 Å². The van der Waals surface area contributed by atoms with Gasteiger partial charge in [-0.05, 0) is 36.2 Å². The Morgan fingerprint density at radius 1 is 1.14 bits per heavy atom. The van der Waals surface area contributed by atoms with Crippen LogP contribution >= 0.6 is 0 Å². The van der Waals surface area contributed by atoms with Crippen LogP contribution in [0.5, 0.6) is 0 Å². The van der Waals surface area contributed by atoms with E-state index >= 15 is 0 Å². The van der Waals surface area contributed by atoms with Gasteiger partial charge >= 0.3 is 7.12 Å². The molecule has 2 aromatic carbocycles. The van der Waals surface area contributed by atoms with Crippen molar-refractivity contribution in [3.05, 3.63) is 78.4 Å². The molecule has 0 heterocycles. The summed E-state index contributed by atoms with van der Waals surface area (Å²) in [5.41, 5.74) is 0.708. The SMILES string of the molecule is C=C(F)C(=O)N(CC(=O)N[C@@H](Cc1cccc(F)c1)B(O)O)c1ccccc1. The van der Waals surface area contributed by atoms with Crippen LogP contribution in [0.25, 0.3) is 0 Å². The van der Waals surface area contributed by atoms with Crippen LogP contribution in [-0.2, 0) is 16.0 Å². The highest BCUT2D eigenvalue weighted by Crippen LogP contribution is 2.16. The predicted molar refractivity (Wildman–Crippen MR) is 101 cm³/mol. The highest BCUT2D eigenvalue weighted by atomic mass is 19.1. The first kappa shape index (κ1) is 21.3. The lowest BCUT2D eigenvalue weighted by atomic mass is 9.76. The molecule has 0 aliphatic rings. The highest BCUT2D eigenvalue weighted by molar-refractivity contribution is 6.43. The Labute approximate surface area is 161 Å². The summed E-state index contributed by atoms with van der Waals surface area (Å²) < 4.78 is 26.7. The molecular weight excluding hydrogens is 369 g/mol. The number of para-hydroxylation sites is 1. The number of nitrogens with one attached hydrogen (secondary N) is 1. The van der Waals surface area contributed by atoms with Crippen molar-refractivity contribution in [3.8, 4) is 0 Å². The van der Waals surface area contributed by atoms with Gasteiger partial charge in [0.15, 0.2) is 5.83 Å². The summed E-state index contributed by atoms with van der Waals surface area (Å²) in [4.78, 5) is 25.3. The topological polar surface area (TPSA) is 89.9 Å². The second-order valence-corrected chi connectivity index (χ2v) is 6.05. The number of rotatable bonds is 8. The van der Waals surface area contributed by atoms with E-state index in [9.17, 15) is 28.4 Å². The fourth-order valence-electron chi connectivity index (χ4n) is 2.58. The second kappa shape index (κ2) is 9.77. The van der Waals surface area contributed by atoms with Gasteiger partial charge in [-0.1, -0.05) is 36.9 Å². The predicted octanol–water partition coefficient (Wildman–Crippen LogP) is 1.38. The third kappa shape index (κ3) is 6.00. The molecule has 0 aliphatic carbocycles. The van der Waals surface area contributed by atoms with Gasteiger partial charge in [-0.15, -0.1) is 0 Å². The second-order valence-electron chi connectivity index (χ2n) is 6.05. The smallest absolute Gasteiger partial charge is 0.426 e. The average molecular weight is 388 g/mol. The molecule has 0 aromatic heterocycles. The van der Waals surface area contributed by atoms with E-state index in [1.807, 2.05) is 0 Å². The van der Waals surface area contributed by atoms with Gasteiger partial charge in [-0.3, -0.25) is 14.5 Å². The van der Waals surface area contributed by atoms with Crippen LogP contribution in [0.15, 0.2) is 67.0 Å². The highest BCUT2D eigenvalue weighted by Gasteiger charge is 2.28. The van der Waals surface area contributed by atoms with Crippen molar-refractivity contribution in [3.63, 3.8) is 0 Å². The van der Waals surface area contributed by atoms with Gasteiger partial charge in [0.1, 0.15) is 12.4 Å². The molecule has 0 unspecified atom stereocenters. The number of halogens is 2. The van der Waals surface area contributed by atoms with E-state index < -0.39 is 43.1 Å². The van der Waals surface area contributed by atoms with Crippen LogP contribution in [0.3, 0.4) is 0 Å². The number of amides is 2. The first-order valence-electron chi connectivity index (χ1n) is 8.39. The normalized spacial score (nSPS) is 11.4. The lowest BCUT2D eigenvalue weighted by Gasteiger charge is -2.24. The van der Waals surface area contributed by atoms with E-state index in [0.717, 1.165) is 4.90 Å². The standard InChI is InChI=1S/C19H19BF2N2O4/c1-13(21)19(26)24(16-8-3-2-4-9-16)12-18(25)23-17(20(27)28)11-14-6-5-7-15(22)10-14/h2-10,17,27-28H,1,11-12H2,(H,23,25)/t17-/m0/s1. The van der Waals surface area contributed by atoms with Crippen LogP contribution < -0.4 is 10.2 Å². The Hall–Kier alpha value is -3.04. The largest absolute Gasteiger partial charge is 0.475 e. The van der Waals surface area contributed by atoms with Crippen molar-refractivity contribution >= 4 is 24.6 Å². The van der Waals surface area contributed by atoms with Crippen molar-refractivity contribution in [2.24, 2.45) is 0 Å². The number of hydrogen-bond acceptors (Lipinski definition) is 4. The van der Waals surface area contributed by atoms with Crippen LogP contribution in [0.2, 0.25) is 0 Å². The van der Waals surface area contributed by atoms with E-state index in [2.05, 4.69) is 11.9 Å². The molecule has 0 bridgehead atoms. The number of nitrogens with zero attached hydrogens (tertiary/aromatic N) is 1. The van der Waals surface area contributed by atoms with Crippen LogP contribution in [0.4, 0.5) is 14.5 Å². The molecule has 0 radical (unpaired) electrons. The van der Waals surface area contributed by atoms with Crippen molar-refractivity contribution in [1.82, 2.24) is 5.32 Å². The number of hydrogen-bond donors (Lipinski definition) is 3. The quantitative estimate of drug-likeness (QED) is 0.471. The fraction of sp³-hybridized carbons (Fsp3) is 0.158. The van der Waals surface area contributed by atoms with E-state index in [1.54, 1.807) is 24.3 Å². The molecule has 2 amide bonds. The molecule has 3 N–H and O–H groups in total. The summed E-state index contributed by atoms with van der Waals surface area (Å²) in [7, 11) is -1.93. The average Bonchev–Trinajstić information content (AvgIpc) is 2.65. The Balaban J connectivity index is 2.12. The molecule has 6 nitrogen and oxygen atoms in total. The molecule has 0 saturated carbocycles. The molecule has 146 valence electrons.